The molecular formula is C46H82O8S2. The molecule has 0 spiro atoms. The third-order valence-electron chi connectivity index (χ3n) is 10.4. The Balaban J connectivity index is 2.08. The van der Waals surface area contributed by atoms with E-state index in [0.717, 1.165) is 38.5 Å². The van der Waals surface area contributed by atoms with Gasteiger partial charge in [0, 0.05) is 33.1 Å². The van der Waals surface area contributed by atoms with E-state index in [9.17, 15) is 28.2 Å². The Bertz CT molecular complexity index is 1040. The number of hydrogen-bond donors (Lipinski definition) is 2. The summed E-state index contributed by atoms with van der Waals surface area (Å²) in [5.41, 5.74) is 0.410. The van der Waals surface area contributed by atoms with Gasteiger partial charge in [0.1, 0.15) is 13.2 Å². The van der Waals surface area contributed by atoms with Crippen LogP contribution in [0.3, 0.4) is 0 Å². The van der Waals surface area contributed by atoms with Crippen LogP contribution in [-0.4, -0.2) is 79.0 Å². The minimum absolute atomic E-state index is 0.0649. The molecule has 8 nitrogen and oxygen atoms in total. The average Bonchev–Trinajstić information content (AvgIpc) is 3.19. The molecule has 10 heteroatoms. The second-order valence-electron chi connectivity index (χ2n) is 15.9. The third-order valence-corrected chi connectivity index (χ3v) is 13.4. The zero-order valence-corrected chi connectivity index (χ0v) is 37.3. The van der Waals surface area contributed by atoms with Crippen molar-refractivity contribution in [3.05, 3.63) is 35.4 Å². The zero-order chi connectivity index (χ0) is 40.9. The second kappa shape index (κ2) is 37.6. The van der Waals surface area contributed by atoms with Gasteiger partial charge in [-0.2, -0.15) is 0 Å². The van der Waals surface area contributed by atoms with Gasteiger partial charge in [-0.3, -0.25) is 8.42 Å². The summed E-state index contributed by atoms with van der Waals surface area (Å²) in [5.74, 6) is -0.105. The van der Waals surface area contributed by atoms with Crippen LogP contribution in [0.15, 0.2) is 24.3 Å². The van der Waals surface area contributed by atoms with Gasteiger partial charge in [-0.1, -0.05) is 181 Å². The topological polar surface area (TPSA) is 127 Å². The van der Waals surface area contributed by atoms with Crippen LogP contribution in [0.5, 0.6) is 0 Å². The Morgan fingerprint density at radius 3 is 0.929 bits per heavy atom. The largest absolute Gasteiger partial charge is 0.459 e. The van der Waals surface area contributed by atoms with Gasteiger partial charge in [-0.25, -0.2) is 9.59 Å². The lowest BCUT2D eigenvalue weighted by atomic mass is 10.0. The molecule has 1 aromatic carbocycles. The molecule has 0 radical (unpaired) electrons. The number of carbonyl (C=O) groups excluding carboxylic acids is 2. The van der Waals surface area contributed by atoms with Gasteiger partial charge in [-0.05, 0) is 37.1 Å². The summed E-state index contributed by atoms with van der Waals surface area (Å²) in [5, 5.41) is 20.5. The third kappa shape index (κ3) is 31.4. The summed E-state index contributed by atoms with van der Waals surface area (Å²) in [6, 6.07) is 5.73. The molecule has 0 aliphatic rings. The number of benzene rings is 1. The quantitative estimate of drug-likeness (QED) is 0.0495. The van der Waals surface area contributed by atoms with Crippen molar-refractivity contribution in [2.45, 2.75) is 206 Å². The molecule has 326 valence electrons. The lowest BCUT2D eigenvalue weighted by Gasteiger charge is -2.12. The summed E-state index contributed by atoms with van der Waals surface area (Å²) in [4.78, 5) is 25.0. The lowest BCUT2D eigenvalue weighted by molar-refractivity contribution is 0.0295. The molecule has 4 atom stereocenters. The molecular weight excluding hydrogens is 745 g/mol. The van der Waals surface area contributed by atoms with E-state index in [4.69, 9.17) is 9.47 Å². The first kappa shape index (κ1) is 52.4. The molecule has 0 aliphatic heterocycles. The Morgan fingerprint density at radius 2 is 0.679 bits per heavy atom. The lowest BCUT2D eigenvalue weighted by Crippen LogP contribution is -2.26. The molecule has 0 saturated heterocycles. The van der Waals surface area contributed by atoms with Crippen LogP contribution in [0.4, 0.5) is 0 Å². The van der Waals surface area contributed by atoms with Crippen LogP contribution in [0.25, 0.3) is 0 Å². The fourth-order valence-electron chi connectivity index (χ4n) is 6.86. The predicted octanol–water partition coefficient (Wildman–Crippen LogP) is 11.2. The van der Waals surface area contributed by atoms with E-state index in [-0.39, 0.29) is 35.8 Å². The van der Waals surface area contributed by atoms with Gasteiger partial charge >= 0.3 is 11.9 Å². The van der Waals surface area contributed by atoms with Gasteiger partial charge in [0.05, 0.1) is 34.8 Å². The number of rotatable bonds is 40. The van der Waals surface area contributed by atoms with Crippen molar-refractivity contribution in [3.63, 3.8) is 0 Å². The van der Waals surface area contributed by atoms with Crippen LogP contribution in [0.1, 0.15) is 214 Å². The van der Waals surface area contributed by atoms with Crippen LogP contribution >= 0.6 is 0 Å². The van der Waals surface area contributed by atoms with Crippen LogP contribution in [-0.2, 0) is 31.1 Å². The van der Waals surface area contributed by atoms with Crippen LogP contribution in [0, 0.1) is 0 Å². The number of carbonyl (C=O) groups is 2. The summed E-state index contributed by atoms with van der Waals surface area (Å²) in [6.45, 7) is 3.99. The molecule has 0 fully saturated rings. The van der Waals surface area contributed by atoms with Gasteiger partial charge < -0.3 is 19.7 Å². The van der Waals surface area contributed by atoms with E-state index in [2.05, 4.69) is 13.8 Å². The van der Waals surface area contributed by atoms with Crippen molar-refractivity contribution in [1.29, 1.82) is 0 Å². The molecule has 56 heavy (non-hydrogen) atoms. The standard InChI is InChI=1S/C46H82O8S2/c1-3-5-7-9-11-13-15-17-19-21-23-25-27-29-35-55(51)39-43(47)37-53-45(49)41-31-33-42(34-32-41)46(50)54-38-44(48)40-56(52)36-30-28-26-24-22-20-18-16-14-12-10-8-6-4-2/h31-34,43-44,47-48H,3-30,35-40H2,1-2H3. The van der Waals surface area contributed by atoms with E-state index < -0.39 is 45.7 Å². The number of unbranched alkanes of at least 4 members (excludes halogenated alkanes) is 26. The number of aliphatic hydroxyl groups excluding tert-OH is 2. The smallest absolute Gasteiger partial charge is 0.338 e. The van der Waals surface area contributed by atoms with Crippen molar-refractivity contribution < 1.29 is 37.7 Å². The zero-order valence-electron chi connectivity index (χ0n) is 35.7. The Kier molecular flexibility index (Phi) is 35.2. The van der Waals surface area contributed by atoms with E-state index in [1.165, 1.54) is 166 Å². The highest BCUT2D eigenvalue weighted by Crippen LogP contribution is 2.15. The molecule has 0 saturated carbocycles. The van der Waals surface area contributed by atoms with Crippen LogP contribution < -0.4 is 0 Å². The Morgan fingerprint density at radius 1 is 0.446 bits per heavy atom. The van der Waals surface area contributed by atoms with E-state index in [1.807, 2.05) is 0 Å². The highest BCUT2D eigenvalue weighted by Gasteiger charge is 2.17. The summed E-state index contributed by atoms with van der Waals surface area (Å²) in [6.07, 6.45) is 33.4. The molecule has 0 bridgehead atoms. The first-order valence-corrected chi connectivity index (χ1v) is 25.7. The summed E-state index contributed by atoms with van der Waals surface area (Å²) >= 11 is 0. The molecule has 2 N–H and O–H groups in total. The highest BCUT2D eigenvalue weighted by atomic mass is 32.2. The maximum atomic E-state index is 12.5. The van der Waals surface area contributed by atoms with Gasteiger partial charge in [0.2, 0.25) is 0 Å². The SMILES string of the molecule is CCCCCCCCCCCCCCCCS(=O)CC(O)COC(=O)c1ccc(C(=O)OCC(O)CS(=O)CCCCCCCCCCCCCCCC)cc1. The second-order valence-corrected chi connectivity index (χ2v) is 19.1. The molecule has 4 unspecified atom stereocenters. The van der Waals surface area contributed by atoms with Crippen LogP contribution in [0.2, 0.25) is 0 Å². The van der Waals surface area contributed by atoms with Gasteiger partial charge in [0.25, 0.3) is 0 Å². The fourth-order valence-corrected chi connectivity index (χ4v) is 9.30. The van der Waals surface area contributed by atoms with Crippen molar-refractivity contribution in [3.8, 4) is 0 Å². The predicted molar refractivity (Wildman–Crippen MR) is 235 cm³/mol. The van der Waals surface area contributed by atoms with Gasteiger partial charge in [-0.15, -0.1) is 0 Å². The average molecular weight is 827 g/mol. The maximum Gasteiger partial charge on any atom is 0.338 e. The monoisotopic (exact) mass is 827 g/mol. The van der Waals surface area contributed by atoms with Crippen molar-refractivity contribution >= 4 is 33.5 Å². The Hall–Kier alpha value is -1.62. The van der Waals surface area contributed by atoms with Crippen molar-refractivity contribution in [2.24, 2.45) is 0 Å². The minimum Gasteiger partial charge on any atom is -0.459 e. The molecule has 0 heterocycles. The summed E-state index contributed by atoms with van der Waals surface area (Å²) < 4.78 is 35.2. The highest BCUT2D eigenvalue weighted by molar-refractivity contribution is 7.85. The molecule has 1 aromatic rings. The van der Waals surface area contributed by atoms with E-state index in [0.29, 0.717) is 11.5 Å². The normalized spacial score (nSPS) is 13.6. The van der Waals surface area contributed by atoms with E-state index >= 15 is 0 Å². The fraction of sp³-hybridized carbons (Fsp3) is 0.826. The molecule has 1 rings (SSSR count). The maximum absolute atomic E-state index is 12.5. The molecule has 0 aromatic heterocycles. The Labute approximate surface area is 347 Å². The first-order valence-electron chi connectivity index (χ1n) is 22.8. The molecule has 0 amide bonds. The number of hydrogen-bond acceptors (Lipinski definition) is 8. The number of ether oxygens (including phenoxy) is 2. The van der Waals surface area contributed by atoms with Crippen molar-refractivity contribution in [2.75, 3.05) is 36.2 Å². The number of aliphatic hydroxyl groups is 2. The summed E-state index contributed by atoms with van der Waals surface area (Å²) in [7, 11) is -2.35. The first-order chi connectivity index (χ1) is 27.3. The number of esters is 2. The van der Waals surface area contributed by atoms with Crippen molar-refractivity contribution in [1.82, 2.24) is 0 Å². The van der Waals surface area contributed by atoms with Gasteiger partial charge in [0.15, 0.2) is 0 Å². The molecule has 0 aliphatic carbocycles. The minimum atomic E-state index is -1.18. The van der Waals surface area contributed by atoms with E-state index in [1.54, 1.807) is 0 Å².